The molecule has 0 atom stereocenters. The number of fused-ring (bicyclic) bond motifs is 1. The highest BCUT2D eigenvalue weighted by Gasteiger charge is 2.14. The van der Waals surface area contributed by atoms with Crippen LogP contribution >= 0.6 is 22.6 Å². The molecule has 2 heterocycles. The second kappa shape index (κ2) is 3.41. The number of hydrogen-bond donors (Lipinski definition) is 1. The maximum atomic E-state index is 11.2. The van der Waals surface area contributed by atoms with Gasteiger partial charge in [-0.1, -0.05) is 0 Å². The molecule has 0 aromatic carbocycles. The predicted octanol–water partition coefficient (Wildman–Crippen LogP) is 1.27. The van der Waals surface area contributed by atoms with Crippen molar-refractivity contribution in [3.8, 4) is 0 Å². The third-order valence-corrected chi connectivity index (χ3v) is 3.92. The predicted molar refractivity (Wildman–Crippen MR) is 64.5 cm³/mol. The topological polar surface area (TPSA) is 75.7 Å². The molecule has 0 amide bonds. The lowest BCUT2D eigenvalue weighted by Gasteiger charge is -1.94. The Morgan fingerprint density at radius 1 is 1.40 bits per heavy atom. The fourth-order valence-corrected chi connectivity index (χ4v) is 2.11. The van der Waals surface area contributed by atoms with Crippen LogP contribution in [0.1, 0.15) is 5.56 Å². The lowest BCUT2D eigenvalue weighted by atomic mass is 10.3. The molecule has 0 aliphatic heterocycles. The summed E-state index contributed by atoms with van der Waals surface area (Å²) >= 11 is 2.09. The Morgan fingerprint density at radius 2 is 2.07 bits per heavy atom. The number of H-pyrrole nitrogens is 1. The van der Waals surface area contributed by atoms with E-state index in [9.17, 15) is 8.42 Å². The number of sulfone groups is 1. The van der Waals surface area contributed by atoms with Crippen molar-refractivity contribution in [1.82, 2.24) is 15.0 Å². The molecule has 15 heavy (non-hydrogen) atoms. The molecule has 0 bridgehead atoms. The molecular formula is C8H8IN3O2S. The highest BCUT2D eigenvalue weighted by Crippen LogP contribution is 2.17. The number of halogens is 1. The minimum Gasteiger partial charge on any atom is -0.327 e. The van der Waals surface area contributed by atoms with Crippen LogP contribution < -0.4 is 0 Å². The zero-order valence-electron chi connectivity index (χ0n) is 8.07. The first-order valence-corrected chi connectivity index (χ1v) is 7.08. The van der Waals surface area contributed by atoms with Gasteiger partial charge in [0.2, 0.25) is 15.0 Å². The number of nitrogens with one attached hydrogen (secondary N) is 1. The molecule has 80 valence electrons. The van der Waals surface area contributed by atoms with E-state index in [0.717, 1.165) is 15.5 Å². The van der Waals surface area contributed by atoms with Crippen LogP contribution in [0, 0.1) is 10.6 Å². The lowest BCUT2D eigenvalue weighted by molar-refractivity contribution is 0.595. The first-order valence-electron chi connectivity index (χ1n) is 4.11. The second-order valence-corrected chi connectivity index (χ2v) is 6.23. The average Bonchev–Trinajstić information content (AvgIpc) is 2.47. The summed E-state index contributed by atoms with van der Waals surface area (Å²) in [5.74, 6) is 0. The highest BCUT2D eigenvalue weighted by molar-refractivity contribution is 14.1. The quantitative estimate of drug-likeness (QED) is 0.628. The summed E-state index contributed by atoms with van der Waals surface area (Å²) in [6, 6.07) is 1.84. The largest absolute Gasteiger partial charge is 0.327 e. The van der Waals surface area contributed by atoms with E-state index in [1.807, 2.05) is 13.0 Å². The highest BCUT2D eigenvalue weighted by atomic mass is 127. The van der Waals surface area contributed by atoms with Gasteiger partial charge in [0.15, 0.2) is 5.65 Å². The average molecular weight is 337 g/mol. The first-order chi connectivity index (χ1) is 6.88. The summed E-state index contributed by atoms with van der Waals surface area (Å²) in [7, 11) is -3.30. The van der Waals surface area contributed by atoms with Gasteiger partial charge in [0.1, 0.15) is 3.70 Å². The zero-order chi connectivity index (χ0) is 11.2. The Balaban J connectivity index is 2.77. The van der Waals surface area contributed by atoms with Crippen LogP contribution in [-0.4, -0.2) is 29.6 Å². The molecular weight excluding hydrogens is 329 g/mol. The van der Waals surface area contributed by atoms with Gasteiger partial charge in [0.25, 0.3) is 0 Å². The fraction of sp³-hybridized carbons (Fsp3) is 0.250. The van der Waals surface area contributed by atoms with Gasteiger partial charge in [-0.05, 0) is 41.1 Å². The third-order valence-electron chi connectivity index (χ3n) is 1.93. The number of nitrogens with zero attached hydrogens (tertiary/aromatic N) is 2. The molecule has 0 saturated heterocycles. The molecule has 7 heteroatoms. The third kappa shape index (κ3) is 1.98. The van der Waals surface area contributed by atoms with Crippen molar-refractivity contribution in [3.63, 3.8) is 0 Å². The number of aromatic nitrogens is 3. The zero-order valence-corrected chi connectivity index (χ0v) is 11.0. The normalized spacial score (nSPS) is 12.2. The molecule has 2 rings (SSSR count). The lowest BCUT2D eigenvalue weighted by Crippen LogP contribution is -1.98. The van der Waals surface area contributed by atoms with Crippen molar-refractivity contribution in [2.24, 2.45) is 0 Å². The summed E-state index contributed by atoms with van der Waals surface area (Å²) in [5, 5.41) is -0.0357. The summed E-state index contributed by atoms with van der Waals surface area (Å²) in [4.78, 5) is 10.9. The summed E-state index contributed by atoms with van der Waals surface area (Å²) < 4.78 is 23.3. The minimum absolute atomic E-state index is 0.0357. The fourth-order valence-electron chi connectivity index (χ4n) is 1.17. The van der Waals surface area contributed by atoms with Crippen molar-refractivity contribution in [2.75, 3.05) is 6.26 Å². The number of rotatable bonds is 1. The molecule has 0 radical (unpaired) electrons. The Morgan fingerprint density at radius 3 is 2.67 bits per heavy atom. The van der Waals surface area contributed by atoms with Crippen LogP contribution in [-0.2, 0) is 9.84 Å². The number of aryl methyl sites for hydroxylation is 1. The van der Waals surface area contributed by atoms with Gasteiger partial charge < -0.3 is 4.98 Å². The van der Waals surface area contributed by atoms with Crippen molar-refractivity contribution in [2.45, 2.75) is 12.1 Å². The smallest absolute Gasteiger partial charge is 0.227 e. The molecule has 0 fully saturated rings. The SMILES string of the molecule is Cc1cc2[nH]c(S(C)(=O)=O)nc2nc1I. The molecule has 1 N–H and O–H groups in total. The monoisotopic (exact) mass is 337 g/mol. The maximum Gasteiger partial charge on any atom is 0.227 e. The van der Waals surface area contributed by atoms with Crippen molar-refractivity contribution in [1.29, 1.82) is 0 Å². The van der Waals surface area contributed by atoms with E-state index in [1.165, 1.54) is 0 Å². The van der Waals surface area contributed by atoms with E-state index in [4.69, 9.17) is 0 Å². The molecule has 5 nitrogen and oxygen atoms in total. The molecule has 0 saturated carbocycles. The van der Waals surface area contributed by atoms with Crippen LogP contribution in [0.2, 0.25) is 0 Å². The molecule has 0 aliphatic rings. The van der Waals surface area contributed by atoms with Gasteiger partial charge in [-0.25, -0.2) is 13.4 Å². The van der Waals surface area contributed by atoms with Crippen LogP contribution in [0.4, 0.5) is 0 Å². The first kappa shape index (κ1) is 10.8. The van der Waals surface area contributed by atoms with Crippen LogP contribution in [0.3, 0.4) is 0 Å². The van der Waals surface area contributed by atoms with Crippen molar-refractivity contribution >= 4 is 43.6 Å². The number of imidazole rings is 1. The van der Waals surface area contributed by atoms with Crippen molar-refractivity contribution in [3.05, 3.63) is 15.3 Å². The molecule has 0 spiro atoms. The maximum absolute atomic E-state index is 11.2. The number of aromatic amines is 1. The molecule has 2 aromatic rings. The summed E-state index contributed by atoms with van der Waals surface area (Å²) in [5.41, 5.74) is 2.07. The summed E-state index contributed by atoms with van der Waals surface area (Å²) in [6.07, 6.45) is 1.11. The van der Waals surface area contributed by atoms with Crippen molar-refractivity contribution < 1.29 is 8.42 Å². The van der Waals surface area contributed by atoms with E-state index in [0.29, 0.717) is 11.2 Å². The van der Waals surface area contributed by atoms with Gasteiger partial charge >= 0.3 is 0 Å². The Kier molecular flexibility index (Phi) is 2.45. The van der Waals surface area contributed by atoms with E-state index in [2.05, 4.69) is 37.5 Å². The van der Waals surface area contributed by atoms with E-state index in [1.54, 1.807) is 0 Å². The molecule has 0 unspecified atom stereocenters. The second-order valence-electron chi connectivity index (χ2n) is 3.28. The van der Waals surface area contributed by atoms with Crippen LogP contribution in [0.15, 0.2) is 11.2 Å². The summed E-state index contributed by atoms with van der Waals surface area (Å²) in [6.45, 7) is 1.91. The van der Waals surface area contributed by atoms with Gasteiger partial charge in [0.05, 0.1) is 5.52 Å². The minimum atomic E-state index is -3.30. The number of pyridine rings is 1. The molecule has 2 aromatic heterocycles. The van der Waals surface area contributed by atoms with E-state index in [-0.39, 0.29) is 5.16 Å². The van der Waals surface area contributed by atoms with Gasteiger partial charge in [-0.15, -0.1) is 0 Å². The van der Waals surface area contributed by atoms with Gasteiger partial charge in [0, 0.05) is 6.26 Å². The number of hydrogen-bond acceptors (Lipinski definition) is 4. The van der Waals surface area contributed by atoms with E-state index < -0.39 is 9.84 Å². The van der Waals surface area contributed by atoms with Crippen LogP contribution in [0.5, 0.6) is 0 Å². The van der Waals surface area contributed by atoms with Gasteiger partial charge in [-0.2, -0.15) is 4.98 Å². The Labute approximate surface area is 100 Å². The Bertz CT molecular complexity index is 594. The van der Waals surface area contributed by atoms with Gasteiger partial charge in [-0.3, -0.25) is 0 Å². The standard InChI is InChI=1S/C8H8IN3O2S/c1-4-3-5-7(11-6(4)9)12-8(10-5)15(2,13)14/h3H,1-2H3,(H,10,11,12). The molecule has 0 aliphatic carbocycles. The van der Waals surface area contributed by atoms with Crippen LogP contribution in [0.25, 0.3) is 11.2 Å². The Hall–Kier alpha value is -0.700. The van der Waals surface area contributed by atoms with E-state index >= 15 is 0 Å².